The number of aromatic nitrogens is 1. The maximum absolute atomic E-state index is 11.3. The van der Waals surface area contributed by atoms with Gasteiger partial charge in [-0.1, -0.05) is 24.3 Å². The monoisotopic (exact) mass is 536 g/mol. The summed E-state index contributed by atoms with van der Waals surface area (Å²) in [5, 5.41) is 39.9. The molecular formula is C29H32N2O8. The molecule has 1 saturated heterocycles. The number of likely N-dealkylation sites (tertiary alicyclic amines) is 1. The zero-order valence-electron chi connectivity index (χ0n) is 21.5. The average Bonchev–Trinajstić information content (AvgIpc) is 3.42. The molecule has 1 fully saturated rings. The summed E-state index contributed by atoms with van der Waals surface area (Å²) >= 11 is 0. The number of methoxy groups -OCH3 is 1. The van der Waals surface area contributed by atoms with Crippen LogP contribution in [0.15, 0.2) is 66.9 Å². The van der Waals surface area contributed by atoms with Gasteiger partial charge in [-0.25, -0.2) is 9.59 Å². The lowest BCUT2D eigenvalue weighted by atomic mass is 9.83. The third kappa shape index (κ3) is 6.85. The topological polar surface area (TPSA) is 153 Å². The molecule has 1 aromatic heterocycles. The number of hydrogen-bond donors (Lipinski definition) is 5. The Hall–Kier alpha value is -4.12. The van der Waals surface area contributed by atoms with Gasteiger partial charge in [0.1, 0.15) is 24.2 Å². The van der Waals surface area contributed by atoms with Gasteiger partial charge in [-0.3, -0.25) is 0 Å². The van der Waals surface area contributed by atoms with Gasteiger partial charge < -0.3 is 39.8 Å². The van der Waals surface area contributed by atoms with E-state index in [1.54, 1.807) is 7.11 Å². The van der Waals surface area contributed by atoms with Gasteiger partial charge in [0, 0.05) is 36.7 Å². The number of H-pyrrole nitrogens is 1. The lowest BCUT2D eigenvalue weighted by Crippen LogP contribution is -2.46. The SMILES string of the molecule is COc1ccc2cc(C3(O)CCN(C[C@H](O)COc4cccc5[nH]ccc45)CC3)ccc2c1.O=C(O)C(=O)O. The summed E-state index contributed by atoms with van der Waals surface area (Å²) in [4.78, 5) is 23.6. The van der Waals surface area contributed by atoms with Gasteiger partial charge in [-0.05, 0) is 65.6 Å². The number of nitrogens with one attached hydrogen (secondary N) is 1. The highest BCUT2D eigenvalue weighted by atomic mass is 16.5. The second-order valence-electron chi connectivity index (χ2n) is 9.53. The Bertz CT molecular complexity index is 1430. The molecule has 2 heterocycles. The third-order valence-electron chi connectivity index (χ3n) is 6.91. The van der Waals surface area contributed by atoms with E-state index < -0.39 is 23.6 Å². The van der Waals surface area contributed by atoms with E-state index in [9.17, 15) is 10.2 Å². The molecule has 0 bridgehead atoms. The molecule has 39 heavy (non-hydrogen) atoms. The van der Waals surface area contributed by atoms with Gasteiger partial charge >= 0.3 is 11.9 Å². The summed E-state index contributed by atoms with van der Waals surface area (Å²) in [6.07, 6.45) is 2.55. The molecule has 0 unspecified atom stereocenters. The first-order valence-corrected chi connectivity index (χ1v) is 12.5. The Balaban J connectivity index is 0.000000531. The lowest BCUT2D eigenvalue weighted by molar-refractivity contribution is -0.159. The molecule has 1 aliphatic heterocycles. The molecule has 10 heteroatoms. The van der Waals surface area contributed by atoms with E-state index in [1.165, 1.54) is 0 Å². The minimum absolute atomic E-state index is 0.235. The minimum Gasteiger partial charge on any atom is -0.497 e. The Kier molecular flexibility index (Phi) is 8.70. The molecule has 0 saturated carbocycles. The van der Waals surface area contributed by atoms with Crippen LogP contribution in [0.4, 0.5) is 0 Å². The standard InChI is InChI=1S/C27H30N2O4.C2H2O4/c1-32-23-8-6-19-15-21(7-5-20(19)16-23)27(31)10-13-29(14-11-27)17-22(30)18-33-26-4-2-3-25-24(26)9-12-28-25;3-1(4)2(5)6/h2-9,12,15-16,22,28,30-31H,10-11,13-14,17-18H2,1H3;(H,3,4)(H,5,6)/t22-;/m0./s1. The van der Waals surface area contributed by atoms with Crippen molar-refractivity contribution in [2.24, 2.45) is 0 Å². The zero-order chi connectivity index (χ0) is 28.0. The number of aliphatic hydroxyl groups excluding tert-OH is 1. The molecule has 5 N–H and O–H groups in total. The van der Waals surface area contributed by atoms with Crippen molar-refractivity contribution < 1.29 is 39.5 Å². The minimum atomic E-state index is -1.82. The number of ether oxygens (including phenoxy) is 2. The van der Waals surface area contributed by atoms with Crippen LogP contribution in [0, 0.1) is 0 Å². The molecular weight excluding hydrogens is 504 g/mol. The van der Waals surface area contributed by atoms with Crippen LogP contribution < -0.4 is 9.47 Å². The summed E-state index contributed by atoms with van der Waals surface area (Å²) in [5.41, 5.74) is 1.11. The van der Waals surface area contributed by atoms with E-state index >= 15 is 0 Å². The molecule has 3 aromatic carbocycles. The number of nitrogens with zero attached hydrogens (tertiary/aromatic N) is 1. The van der Waals surface area contributed by atoms with Crippen molar-refractivity contribution in [3.05, 3.63) is 72.4 Å². The average molecular weight is 537 g/mol. The van der Waals surface area contributed by atoms with E-state index in [2.05, 4.69) is 16.0 Å². The zero-order valence-corrected chi connectivity index (χ0v) is 21.5. The molecule has 5 rings (SSSR count). The number of carbonyl (C=O) groups is 2. The van der Waals surface area contributed by atoms with Crippen molar-refractivity contribution in [3.8, 4) is 11.5 Å². The number of aromatic amines is 1. The fourth-order valence-electron chi connectivity index (χ4n) is 4.75. The Morgan fingerprint density at radius 2 is 1.69 bits per heavy atom. The number of hydrogen-bond acceptors (Lipinski definition) is 7. The van der Waals surface area contributed by atoms with E-state index in [0.717, 1.165) is 51.8 Å². The van der Waals surface area contributed by atoms with Gasteiger partial charge in [0.25, 0.3) is 0 Å². The first kappa shape index (κ1) is 27.9. The number of rotatable bonds is 7. The number of β-amino-alcohol motifs (C(OH)–C–C–N with tert-alkyl or cyclic N) is 1. The van der Waals surface area contributed by atoms with Crippen molar-refractivity contribution in [2.75, 3.05) is 33.4 Å². The van der Waals surface area contributed by atoms with Crippen molar-refractivity contribution in [2.45, 2.75) is 24.5 Å². The van der Waals surface area contributed by atoms with Crippen molar-refractivity contribution in [3.63, 3.8) is 0 Å². The Labute approximate surface area is 225 Å². The molecule has 0 aliphatic carbocycles. The van der Waals surface area contributed by atoms with Crippen LogP contribution in [0.2, 0.25) is 0 Å². The molecule has 4 aromatic rings. The number of aliphatic carboxylic acids is 2. The van der Waals surface area contributed by atoms with Crippen molar-refractivity contribution >= 4 is 33.6 Å². The van der Waals surface area contributed by atoms with Gasteiger partial charge in [0.2, 0.25) is 0 Å². The first-order chi connectivity index (χ1) is 18.7. The van der Waals surface area contributed by atoms with Crippen LogP contribution in [0.5, 0.6) is 11.5 Å². The Morgan fingerprint density at radius 3 is 2.38 bits per heavy atom. The van der Waals surface area contributed by atoms with Crippen LogP contribution >= 0.6 is 0 Å². The highest BCUT2D eigenvalue weighted by Gasteiger charge is 2.34. The van der Waals surface area contributed by atoms with Gasteiger partial charge in [-0.15, -0.1) is 0 Å². The van der Waals surface area contributed by atoms with Crippen molar-refractivity contribution in [1.82, 2.24) is 9.88 Å². The normalized spacial score (nSPS) is 15.8. The molecule has 0 spiro atoms. The number of benzene rings is 3. The third-order valence-corrected chi connectivity index (χ3v) is 6.91. The molecule has 0 amide bonds. The summed E-state index contributed by atoms with van der Waals surface area (Å²) in [6.45, 7) is 2.21. The molecule has 206 valence electrons. The van der Waals surface area contributed by atoms with E-state index in [0.29, 0.717) is 19.4 Å². The van der Waals surface area contributed by atoms with Crippen LogP contribution in [-0.2, 0) is 15.2 Å². The molecule has 1 aliphatic rings. The fraction of sp³-hybridized carbons (Fsp3) is 0.310. The lowest BCUT2D eigenvalue weighted by Gasteiger charge is -2.39. The maximum Gasteiger partial charge on any atom is 0.414 e. The first-order valence-electron chi connectivity index (χ1n) is 12.5. The summed E-state index contributed by atoms with van der Waals surface area (Å²) in [5.74, 6) is -2.05. The van der Waals surface area contributed by atoms with Crippen LogP contribution in [0.1, 0.15) is 18.4 Å². The summed E-state index contributed by atoms with van der Waals surface area (Å²) in [7, 11) is 1.66. The van der Waals surface area contributed by atoms with Crippen LogP contribution in [0.3, 0.4) is 0 Å². The number of aliphatic hydroxyl groups is 2. The van der Waals surface area contributed by atoms with E-state index in [-0.39, 0.29) is 6.61 Å². The predicted molar refractivity (Wildman–Crippen MR) is 145 cm³/mol. The second-order valence-corrected chi connectivity index (χ2v) is 9.53. The van der Waals surface area contributed by atoms with Gasteiger partial charge in [0.05, 0.1) is 12.7 Å². The number of fused-ring (bicyclic) bond motifs is 2. The highest BCUT2D eigenvalue weighted by Crippen LogP contribution is 2.35. The maximum atomic E-state index is 11.3. The smallest absolute Gasteiger partial charge is 0.414 e. The van der Waals surface area contributed by atoms with E-state index in [1.807, 2.05) is 60.8 Å². The van der Waals surface area contributed by atoms with Crippen molar-refractivity contribution in [1.29, 1.82) is 0 Å². The number of piperidine rings is 1. The fourth-order valence-corrected chi connectivity index (χ4v) is 4.75. The number of carboxylic acid groups (broad SMARTS) is 2. The largest absolute Gasteiger partial charge is 0.497 e. The number of carboxylic acids is 2. The Morgan fingerprint density at radius 1 is 1.00 bits per heavy atom. The predicted octanol–water partition coefficient (Wildman–Crippen LogP) is 3.21. The van der Waals surface area contributed by atoms with Crippen LogP contribution in [0.25, 0.3) is 21.7 Å². The quantitative estimate of drug-likeness (QED) is 0.224. The van der Waals surface area contributed by atoms with E-state index in [4.69, 9.17) is 29.3 Å². The highest BCUT2D eigenvalue weighted by molar-refractivity contribution is 6.27. The van der Waals surface area contributed by atoms with Crippen LogP contribution in [-0.4, -0.2) is 81.7 Å². The molecule has 1 atom stereocenters. The second kappa shape index (κ2) is 12.2. The van der Waals surface area contributed by atoms with Gasteiger partial charge in [-0.2, -0.15) is 0 Å². The summed E-state index contributed by atoms with van der Waals surface area (Å²) < 4.78 is 11.2. The van der Waals surface area contributed by atoms with Gasteiger partial charge in [0.15, 0.2) is 0 Å². The molecule has 10 nitrogen and oxygen atoms in total. The summed E-state index contributed by atoms with van der Waals surface area (Å²) in [6, 6.07) is 20.0. The molecule has 0 radical (unpaired) electrons.